The van der Waals surface area contributed by atoms with Crippen LogP contribution in [0.5, 0.6) is 0 Å². The molecule has 2 N–H and O–H groups in total. The summed E-state index contributed by atoms with van der Waals surface area (Å²) in [7, 11) is 0. The van der Waals surface area contributed by atoms with E-state index in [-0.39, 0.29) is 39.6 Å². The summed E-state index contributed by atoms with van der Waals surface area (Å²) in [6.07, 6.45) is -4.73. The molecule has 52 heavy (non-hydrogen) atoms. The molecule has 0 spiro atoms. The minimum atomic E-state index is -1.88. The van der Waals surface area contributed by atoms with Gasteiger partial charge in [-0.05, 0) is 27.8 Å². The third-order valence-corrected chi connectivity index (χ3v) is 9.16. The van der Waals surface area contributed by atoms with Crippen molar-refractivity contribution in [1.29, 1.82) is 0 Å². The molecule has 1 saturated carbocycles. The van der Waals surface area contributed by atoms with Crippen LogP contribution in [-0.2, 0) is 61.5 Å². The lowest BCUT2D eigenvalue weighted by molar-refractivity contribution is -0.197. The van der Waals surface area contributed by atoms with E-state index in [0.717, 1.165) is 27.8 Å². The molecule has 1 fully saturated rings. The van der Waals surface area contributed by atoms with Crippen LogP contribution in [0.3, 0.4) is 0 Å². The molecule has 6 atom stereocenters. The maximum Gasteiger partial charge on any atom is 0.145 e. The molecule has 0 radical (unpaired) electrons. The minimum Gasteiger partial charge on any atom is -0.387 e. The summed E-state index contributed by atoms with van der Waals surface area (Å²) < 4.78 is 38.1. The molecule has 0 unspecified atom stereocenters. The van der Waals surface area contributed by atoms with E-state index in [2.05, 4.69) is 0 Å². The van der Waals surface area contributed by atoms with Gasteiger partial charge in [0.05, 0.1) is 52.9 Å². The van der Waals surface area contributed by atoms with E-state index in [4.69, 9.17) is 28.4 Å². The molecule has 5 aromatic rings. The van der Waals surface area contributed by atoms with Crippen LogP contribution in [0.2, 0.25) is 0 Å². The Morgan fingerprint density at radius 1 is 0.462 bits per heavy atom. The zero-order valence-corrected chi connectivity index (χ0v) is 29.3. The lowest BCUT2D eigenvalue weighted by Gasteiger charge is -2.34. The van der Waals surface area contributed by atoms with Crippen molar-refractivity contribution in [2.75, 3.05) is 19.8 Å². The Labute approximate surface area is 306 Å². The van der Waals surface area contributed by atoms with Crippen LogP contribution in [-0.4, -0.2) is 66.2 Å². The fourth-order valence-corrected chi connectivity index (χ4v) is 6.33. The summed E-state index contributed by atoms with van der Waals surface area (Å²) in [4.78, 5) is 0. The van der Waals surface area contributed by atoms with Crippen molar-refractivity contribution in [1.82, 2.24) is 0 Å². The van der Waals surface area contributed by atoms with Crippen molar-refractivity contribution >= 4 is 0 Å². The number of benzene rings is 5. The highest BCUT2D eigenvalue weighted by Crippen LogP contribution is 2.39. The molecule has 0 heterocycles. The predicted molar refractivity (Wildman–Crippen MR) is 198 cm³/mol. The van der Waals surface area contributed by atoms with E-state index < -0.39 is 36.1 Å². The number of hydrogen-bond donors (Lipinski definition) is 2. The van der Waals surface area contributed by atoms with E-state index in [1.165, 1.54) is 0 Å². The second-order valence-electron chi connectivity index (χ2n) is 13.1. The molecule has 6 rings (SSSR count). The highest BCUT2D eigenvalue weighted by Gasteiger charge is 2.62. The molecule has 0 bridgehead atoms. The SMILES string of the molecule is O[C@@H]1[C@H](OCc2ccccc2)[C@@H](OCc2ccccc2)[C@H](OC[C@H](COCc2ccccc2)OCc2ccccc2)[C@@]1(O)COCc1ccccc1. The molecule has 8 heteroatoms. The summed E-state index contributed by atoms with van der Waals surface area (Å²) in [5.74, 6) is 0. The van der Waals surface area contributed by atoms with E-state index in [1.807, 2.05) is 152 Å². The predicted octanol–water partition coefficient (Wildman–Crippen LogP) is 6.67. The fourth-order valence-electron chi connectivity index (χ4n) is 6.33. The Bertz CT molecular complexity index is 1690. The first-order valence-corrected chi connectivity index (χ1v) is 17.8. The zero-order chi connectivity index (χ0) is 35.9. The Kier molecular flexibility index (Phi) is 14.1. The van der Waals surface area contributed by atoms with Crippen molar-refractivity contribution in [3.05, 3.63) is 179 Å². The van der Waals surface area contributed by atoms with Gasteiger partial charge in [0.15, 0.2) is 0 Å². The van der Waals surface area contributed by atoms with Gasteiger partial charge in [0.1, 0.15) is 36.1 Å². The van der Waals surface area contributed by atoms with Gasteiger partial charge in [0.2, 0.25) is 0 Å². The van der Waals surface area contributed by atoms with Gasteiger partial charge in [0.25, 0.3) is 0 Å². The van der Waals surface area contributed by atoms with Gasteiger partial charge >= 0.3 is 0 Å². The van der Waals surface area contributed by atoms with E-state index in [1.54, 1.807) is 0 Å². The second-order valence-corrected chi connectivity index (χ2v) is 13.1. The normalized spacial score (nSPS) is 22.0. The molecule has 1 aliphatic carbocycles. The molecule has 272 valence electrons. The molecule has 0 amide bonds. The molecule has 0 saturated heterocycles. The van der Waals surface area contributed by atoms with Crippen LogP contribution in [0, 0.1) is 0 Å². The maximum absolute atomic E-state index is 12.4. The number of hydrogen-bond acceptors (Lipinski definition) is 8. The number of rotatable bonds is 20. The lowest BCUT2D eigenvalue weighted by atomic mass is 9.98. The van der Waals surface area contributed by atoms with Gasteiger partial charge in [0, 0.05) is 0 Å². The monoisotopic (exact) mass is 704 g/mol. The first-order valence-electron chi connectivity index (χ1n) is 17.8. The first kappa shape index (κ1) is 37.5. The van der Waals surface area contributed by atoms with Crippen molar-refractivity contribution in [2.24, 2.45) is 0 Å². The molecule has 0 aliphatic heterocycles. The smallest absolute Gasteiger partial charge is 0.145 e. The van der Waals surface area contributed by atoms with Crippen LogP contribution < -0.4 is 0 Å². The molecular weight excluding hydrogens is 656 g/mol. The molecule has 1 aliphatic rings. The van der Waals surface area contributed by atoms with E-state index in [0.29, 0.717) is 13.2 Å². The molecular formula is C44H48O8. The van der Waals surface area contributed by atoms with Crippen molar-refractivity contribution in [2.45, 2.75) is 69.2 Å². The quantitative estimate of drug-likeness (QED) is 0.0929. The summed E-state index contributed by atoms with van der Waals surface area (Å²) >= 11 is 0. The Hall–Kier alpha value is -4.22. The largest absolute Gasteiger partial charge is 0.387 e. The van der Waals surface area contributed by atoms with Crippen LogP contribution in [0.1, 0.15) is 27.8 Å². The maximum atomic E-state index is 12.4. The fraction of sp³-hybridized carbons (Fsp3) is 0.318. The summed E-state index contributed by atoms with van der Waals surface area (Å²) in [6, 6.07) is 49.0. The summed E-state index contributed by atoms with van der Waals surface area (Å²) in [6.45, 7) is 1.49. The van der Waals surface area contributed by atoms with Gasteiger partial charge in [-0.3, -0.25) is 0 Å². The van der Waals surface area contributed by atoms with Gasteiger partial charge in [-0.15, -0.1) is 0 Å². The Morgan fingerprint density at radius 2 is 0.865 bits per heavy atom. The highest BCUT2D eigenvalue weighted by atomic mass is 16.6. The van der Waals surface area contributed by atoms with Crippen LogP contribution in [0.25, 0.3) is 0 Å². The molecule has 0 aromatic heterocycles. The first-order chi connectivity index (χ1) is 25.6. The van der Waals surface area contributed by atoms with Crippen molar-refractivity contribution in [3.63, 3.8) is 0 Å². The van der Waals surface area contributed by atoms with E-state index in [9.17, 15) is 10.2 Å². The molecule has 5 aromatic carbocycles. The number of ether oxygens (including phenoxy) is 6. The van der Waals surface area contributed by atoms with E-state index >= 15 is 0 Å². The lowest BCUT2D eigenvalue weighted by Crippen LogP contribution is -2.54. The summed E-state index contributed by atoms with van der Waals surface area (Å²) in [5, 5.41) is 24.4. The van der Waals surface area contributed by atoms with Crippen LogP contribution in [0.15, 0.2) is 152 Å². The van der Waals surface area contributed by atoms with Crippen LogP contribution in [0.4, 0.5) is 0 Å². The average molecular weight is 705 g/mol. The zero-order valence-electron chi connectivity index (χ0n) is 29.3. The second kappa shape index (κ2) is 19.6. The third kappa shape index (κ3) is 10.7. The van der Waals surface area contributed by atoms with Gasteiger partial charge in [-0.25, -0.2) is 0 Å². The van der Waals surface area contributed by atoms with Crippen molar-refractivity contribution in [3.8, 4) is 0 Å². The van der Waals surface area contributed by atoms with Gasteiger partial charge in [-0.2, -0.15) is 0 Å². The third-order valence-electron chi connectivity index (χ3n) is 9.16. The Morgan fingerprint density at radius 3 is 1.35 bits per heavy atom. The summed E-state index contributed by atoms with van der Waals surface area (Å²) in [5.41, 5.74) is 2.97. The minimum absolute atomic E-state index is 0.0522. The Balaban J connectivity index is 1.23. The topological polar surface area (TPSA) is 95.8 Å². The van der Waals surface area contributed by atoms with Gasteiger partial charge in [-0.1, -0.05) is 152 Å². The molecule has 8 nitrogen and oxygen atoms in total. The van der Waals surface area contributed by atoms with Gasteiger partial charge < -0.3 is 38.6 Å². The van der Waals surface area contributed by atoms with Crippen LogP contribution >= 0.6 is 0 Å². The number of aliphatic hydroxyl groups is 2. The average Bonchev–Trinajstić information content (AvgIpc) is 3.39. The number of aliphatic hydroxyl groups excluding tert-OH is 1. The van der Waals surface area contributed by atoms with Crippen molar-refractivity contribution < 1.29 is 38.6 Å². The standard InChI is InChI=1S/C44H48O8/c45-42-40(50-29-37-22-12-4-13-23-37)41(51-30-38-24-14-5-15-25-38)43(44(42,46)33-48-27-35-18-8-2-9-19-35)52-32-39(49-28-36-20-10-3-11-21-36)31-47-26-34-16-6-1-7-17-34/h1-25,39-43,45-46H,26-33H2/t39-,40+,41+,42+,43-,44+/m0/s1. The highest BCUT2D eigenvalue weighted by molar-refractivity contribution is 5.19.